The molecule has 1 aromatic carbocycles. The number of hydrogen-bond donors (Lipinski definition) is 2. The summed E-state index contributed by atoms with van der Waals surface area (Å²) >= 11 is 0. The van der Waals surface area contributed by atoms with E-state index in [-0.39, 0.29) is 18.9 Å². The summed E-state index contributed by atoms with van der Waals surface area (Å²) < 4.78 is 10.3. The van der Waals surface area contributed by atoms with Crippen molar-refractivity contribution in [3.05, 3.63) is 29.8 Å². The molecule has 2 atom stereocenters. The minimum Gasteiger partial charge on any atom is -0.481 e. The molecule has 1 saturated carbocycles. The van der Waals surface area contributed by atoms with Crippen molar-refractivity contribution < 1.29 is 38.6 Å². The van der Waals surface area contributed by atoms with Gasteiger partial charge in [-0.05, 0) is 64.5 Å². The highest BCUT2D eigenvalue weighted by molar-refractivity contribution is 6.03. The predicted molar refractivity (Wildman–Crippen MR) is 138 cm³/mol. The number of nitrogens with zero attached hydrogens (tertiary/aromatic N) is 1. The smallest absolute Gasteiger partial charge is 0.326 e. The number of fused-ring (bicyclic) bond motifs is 1. The van der Waals surface area contributed by atoms with Crippen molar-refractivity contribution in [1.82, 2.24) is 5.32 Å². The number of para-hydroxylation sites is 1. The van der Waals surface area contributed by atoms with E-state index in [0.29, 0.717) is 31.4 Å². The number of hydrogen-bond acceptors (Lipinski definition) is 7. The fourth-order valence-corrected chi connectivity index (χ4v) is 5.49. The van der Waals surface area contributed by atoms with E-state index >= 15 is 0 Å². The Morgan fingerprint density at radius 2 is 1.82 bits per heavy atom. The molecule has 208 valence electrons. The van der Waals surface area contributed by atoms with E-state index in [1.54, 1.807) is 32.9 Å². The number of ether oxygens (including phenoxy) is 2. The maximum absolute atomic E-state index is 13.7. The highest BCUT2D eigenvalue weighted by atomic mass is 16.6. The normalized spacial score (nSPS) is 19.6. The van der Waals surface area contributed by atoms with Crippen LogP contribution in [-0.4, -0.2) is 60.1 Å². The third kappa shape index (κ3) is 7.11. The number of carbonyl (C=O) groups is 5. The summed E-state index contributed by atoms with van der Waals surface area (Å²) in [4.78, 5) is 65.3. The Balaban J connectivity index is 1.85. The standard InChI is InChI=1S/C28H38N2O8/c1-27(2,3)38-23(33)17-30-21-10-6-5-9-18(21)11-12-20(24(30)34)29-26(36)28(13-7-8-14-28)16-19(15-22(31)32)25(35)37-4/h5-6,9-10,19-20H,7-8,11-17H2,1-4H3,(H,29,36)(H,31,32)/t19?,20-/m0/s1. The van der Waals surface area contributed by atoms with Gasteiger partial charge in [-0.3, -0.25) is 28.9 Å². The zero-order chi connectivity index (χ0) is 28.1. The fraction of sp³-hybridized carbons (Fsp3) is 0.607. The van der Waals surface area contributed by atoms with Gasteiger partial charge in [0, 0.05) is 5.69 Å². The molecular formula is C28H38N2O8. The van der Waals surface area contributed by atoms with E-state index in [9.17, 15) is 29.1 Å². The van der Waals surface area contributed by atoms with Gasteiger partial charge in [0.2, 0.25) is 11.8 Å². The molecular weight excluding hydrogens is 492 g/mol. The first-order valence-electron chi connectivity index (χ1n) is 13.1. The summed E-state index contributed by atoms with van der Waals surface area (Å²) in [6, 6.07) is 6.41. The molecule has 2 aliphatic rings. The highest BCUT2D eigenvalue weighted by Crippen LogP contribution is 2.44. The third-order valence-electron chi connectivity index (χ3n) is 7.20. The zero-order valence-corrected chi connectivity index (χ0v) is 22.6. The molecule has 2 N–H and O–H groups in total. The number of aliphatic carboxylic acids is 1. The summed E-state index contributed by atoms with van der Waals surface area (Å²) in [6.07, 6.45) is 2.89. The molecule has 1 fully saturated rings. The van der Waals surface area contributed by atoms with Gasteiger partial charge in [0.05, 0.1) is 24.9 Å². The van der Waals surface area contributed by atoms with Crippen LogP contribution in [0.3, 0.4) is 0 Å². The number of carboxylic acids is 1. The van der Waals surface area contributed by atoms with Crippen LogP contribution >= 0.6 is 0 Å². The van der Waals surface area contributed by atoms with Crippen LogP contribution in [0, 0.1) is 11.3 Å². The van der Waals surface area contributed by atoms with Gasteiger partial charge < -0.3 is 19.9 Å². The molecule has 1 aromatic rings. The monoisotopic (exact) mass is 530 g/mol. The van der Waals surface area contributed by atoms with Gasteiger partial charge in [-0.15, -0.1) is 0 Å². The maximum atomic E-state index is 13.7. The van der Waals surface area contributed by atoms with Crippen molar-refractivity contribution in [1.29, 1.82) is 0 Å². The van der Waals surface area contributed by atoms with E-state index in [0.717, 1.165) is 18.4 Å². The Bertz CT molecular complexity index is 1070. The molecule has 1 aliphatic carbocycles. The van der Waals surface area contributed by atoms with Gasteiger partial charge in [0.15, 0.2) is 0 Å². The summed E-state index contributed by atoms with van der Waals surface area (Å²) in [7, 11) is 1.19. The first-order valence-corrected chi connectivity index (χ1v) is 13.1. The zero-order valence-electron chi connectivity index (χ0n) is 22.6. The van der Waals surface area contributed by atoms with Crippen LogP contribution in [0.5, 0.6) is 0 Å². The number of anilines is 1. The van der Waals surface area contributed by atoms with Crippen LogP contribution in [0.4, 0.5) is 5.69 Å². The first-order chi connectivity index (χ1) is 17.8. The summed E-state index contributed by atoms with van der Waals surface area (Å²) in [5.74, 6) is -4.15. The van der Waals surface area contributed by atoms with Crippen LogP contribution in [0.25, 0.3) is 0 Å². The van der Waals surface area contributed by atoms with Crippen molar-refractivity contribution in [3.8, 4) is 0 Å². The van der Waals surface area contributed by atoms with E-state index in [1.165, 1.54) is 12.0 Å². The number of amides is 2. The molecule has 2 amide bonds. The van der Waals surface area contributed by atoms with Crippen molar-refractivity contribution in [2.75, 3.05) is 18.6 Å². The second kappa shape index (κ2) is 12.0. The van der Waals surface area contributed by atoms with Crippen LogP contribution in [0.1, 0.15) is 71.3 Å². The Labute approximate surface area is 223 Å². The van der Waals surface area contributed by atoms with Crippen LogP contribution in [0.15, 0.2) is 24.3 Å². The van der Waals surface area contributed by atoms with Gasteiger partial charge in [0.25, 0.3) is 0 Å². The summed E-state index contributed by atoms with van der Waals surface area (Å²) in [6.45, 7) is 4.95. The van der Waals surface area contributed by atoms with E-state index in [2.05, 4.69) is 5.32 Å². The first kappa shape index (κ1) is 29.1. The van der Waals surface area contributed by atoms with Crippen LogP contribution in [0.2, 0.25) is 0 Å². The molecule has 0 aromatic heterocycles. The minimum atomic E-state index is -1.15. The van der Waals surface area contributed by atoms with Gasteiger partial charge in [-0.2, -0.15) is 0 Å². The van der Waals surface area contributed by atoms with Gasteiger partial charge in [0.1, 0.15) is 18.2 Å². The Morgan fingerprint density at radius 1 is 1.16 bits per heavy atom. The molecule has 1 unspecified atom stereocenters. The lowest BCUT2D eigenvalue weighted by Crippen LogP contribution is -2.53. The molecule has 1 aliphatic heterocycles. The van der Waals surface area contributed by atoms with Gasteiger partial charge >= 0.3 is 17.9 Å². The topological polar surface area (TPSA) is 139 Å². The molecule has 0 bridgehead atoms. The number of esters is 2. The number of carbonyl (C=O) groups excluding carboxylic acids is 4. The summed E-state index contributed by atoms with van der Waals surface area (Å²) in [5, 5.41) is 12.2. The molecule has 0 radical (unpaired) electrons. The van der Waals surface area contributed by atoms with Crippen molar-refractivity contribution >= 4 is 35.4 Å². The van der Waals surface area contributed by atoms with Crippen molar-refractivity contribution in [2.24, 2.45) is 11.3 Å². The highest BCUT2D eigenvalue weighted by Gasteiger charge is 2.46. The lowest BCUT2D eigenvalue weighted by Gasteiger charge is -2.33. The average Bonchev–Trinajstić information content (AvgIpc) is 3.28. The van der Waals surface area contributed by atoms with Crippen molar-refractivity contribution in [2.45, 2.75) is 83.8 Å². The lowest BCUT2D eigenvalue weighted by atomic mass is 9.75. The molecule has 0 saturated heterocycles. The molecule has 3 rings (SSSR count). The third-order valence-corrected chi connectivity index (χ3v) is 7.20. The van der Waals surface area contributed by atoms with E-state index in [4.69, 9.17) is 9.47 Å². The lowest BCUT2D eigenvalue weighted by molar-refractivity contribution is -0.153. The van der Waals surface area contributed by atoms with Crippen LogP contribution < -0.4 is 10.2 Å². The van der Waals surface area contributed by atoms with Crippen LogP contribution in [-0.2, 0) is 39.9 Å². The molecule has 0 spiro atoms. The quantitative estimate of drug-likeness (QED) is 0.465. The number of benzene rings is 1. The number of aryl methyl sites for hydroxylation is 1. The maximum Gasteiger partial charge on any atom is 0.326 e. The molecule has 10 nitrogen and oxygen atoms in total. The predicted octanol–water partition coefficient (Wildman–Crippen LogP) is 3.01. The number of nitrogens with one attached hydrogen (secondary N) is 1. The molecule has 38 heavy (non-hydrogen) atoms. The Morgan fingerprint density at radius 3 is 2.42 bits per heavy atom. The molecule has 1 heterocycles. The van der Waals surface area contributed by atoms with Gasteiger partial charge in [-0.25, -0.2) is 0 Å². The average molecular weight is 531 g/mol. The SMILES string of the molecule is COC(=O)C(CC(=O)O)CC1(C(=O)N[C@H]2CCc3ccccc3N(CC(=O)OC(C)(C)C)C2=O)CCCC1. The van der Waals surface area contributed by atoms with E-state index in [1.807, 2.05) is 12.1 Å². The van der Waals surface area contributed by atoms with Gasteiger partial charge in [-0.1, -0.05) is 31.0 Å². The van der Waals surface area contributed by atoms with Crippen molar-refractivity contribution in [3.63, 3.8) is 0 Å². The number of methoxy groups -OCH3 is 1. The molecule has 10 heteroatoms. The Kier molecular flexibility index (Phi) is 9.17. The largest absolute Gasteiger partial charge is 0.481 e. The van der Waals surface area contributed by atoms with E-state index < -0.39 is 53.2 Å². The minimum absolute atomic E-state index is 0.0283. The second-order valence-corrected chi connectivity index (χ2v) is 11.2. The number of carboxylic acid groups (broad SMARTS) is 1. The second-order valence-electron chi connectivity index (χ2n) is 11.2. The summed E-state index contributed by atoms with van der Waals surface area (Å²) in [5.41, 5.74) is -0.226. The number of rotatable bonds is 9. The Hall–Kier alpha value is -3.43. The fourth-order valence-electron chi connectivity index (χ4n) is 5.49.